The Morgan fingerprint density at radius 3 is 2.74 bits per heavy atom. The normalized spacial score (nSPS) is 10.5. The molecule has 1 aromatic heterocycles. The lowest BCUT2D eigenvalue weighted by Gasteiger charge is -2.03. The highest BCUT2D eigenvalue weighted by Crippen LogP contribution is 2.09. The van der Waals surface area contributed by atoms with Crippen LogP contribution in [0.15, 0.2) is 54.7 Å². The second-order valence-electron chi connectivity index (χ2n) is 5.20. The predicted molar refractivity (Wildman–Crippen MR) is 83.7 cm³/mol. The predicted octanol–water partition coefficient (Wildman–Crippen LogP) is 2.64. The number of aromatic nitrogens is 3. The average molecular weight is 310 g/mol. The molecule has 3 aromatic rings. The zero-order chi connectivity index (χ0) is 16.2. The summed E-state index contributed by atoms with van der Waals surface area (Å²) in [5.74, 6) is -0.685. The van der Waals surface area contributed by atoms with Gasteiger partial charge in [-0.25, -0.2) is 9.07 Å². The number of carbonyl (C=O) groups is 1. The van der Waals surface area contributed by atoms with Crippen LogP contribution in [0, 0.1) is 12.7 Å². The Kier molecular flexibility index (Phi) is 4.14. The van der Waals surface area contributed by atoms with E-state index in [-0.39, 0.29) is 24.0 Å². The summed E-state index contributed by atoms with van der Waals surface area (Å²) in [6.45, 7) is 2.23. The van der Waals surface area contributed by atoms with Crippen molar-refractivity contribution in [2.75, 3.05) is 0 Å². The van der Waals surface area contributed by atoms with Crippen molar-refractivity contribution in [2.45, 2.75) is 13.5 Å². The van der Waals surface area contributed by atoms with Gasteiger partial charge in [-0.05, 0) is 36.8 Å². The van der Waals surface area contributed by atoms with Crippen LogP contribution >= 0.6 is 0 Å². The van der Waals surface area contributed by atoms with Crippen LogP contribution in [0.1, 0.15) is 21.6 Å². The maximum atomic E-state index is 13.1. The van der Waals surface area contributed by atoms with Crippen LogP contribution in [-0.4, -0.2) is 20.9 Å². The second kappa shape index (κ2) is 6.39. The highest BCUT2D eigenvalue weighted by atomic mass is 19.1. The second-order valence-corrected chi connectivity index (χ2v) is 5.20. The van der Waals surface area contributed by atoms with Crippen molar-refractivity contribution in [3.63, 3.8) is 0 Å². The largest absolute Gasteiger partial charge is 0.347 e. The molecular weight excluding hydrogens is 295 g/mol. The zero-order valence-corrected chi connectivity index (χ0v) is 12.5. The van der Waals surface area contributed by atoms with E-state index in [0.29, 0.717) is 5.56 Å². The van der Waals surface area contributed by atoms with Crippen LogP contribution in [0.3, 0.4) is 0 Å². The molecule has 0 spiro atoms. The lowest BCUT2D eigenvalue weighted by Crippen LogP contribution is -2.23. The Bertz CT molecular complexity index is 827. The standard InChI is InChI=1S/C17H15FN4O/c1-12-5-7-15(8-6-12)22-11-16(20-21-22)17(23)19-10-13-3-2-4-14(18)9-13/h2-9,11H,10H2,1H3,(H,19,23). The van der Waals surface area contributed by atoms with E-state index in [4.69, 9.17) is 0 Å². The fourth-order valence-corrected chi connectivity index (χ4v) is 2.11. The van der Waals surface area contributed by atoms with Crippen LogP contribution in [0.25, 0.3) is 5.69 Å². The van der Waals surface area contributed by atoms with Crippen LogP contribution in [-0.2, 0) is 6.54 Å². The minimum atomic E-state index is -0.354. The van der Waals surface area contributed by atoms with E-state index in [0.717, 1.165) is 11.3 Å². The lowest BCUT2D eigenvalue weighted by molar-refractivity contribution is 0.0946. The number of halogens is 1. The summed E-state index contributed by atoms with van der Waals surface area (Å²) < 4.78 is 14.6. The van der Waals surface area contributed by atoms with Gasteiger partial charge in [-0.1, -0.05) is 35.0 Å². The molecule has 0 aliphatic carbocycles. The fraction of sp³-hybridized carbons (Fsp3) is 0.118. The molecule has 0 bridgehead atoms. The van der Waals surface area contributed by atoms with Gasteiger partial charge in [0.25, 0.3) is 5.91 Å². The summed E-state index contributed by atoms with van der Waals surface area (Å²) in [6.07, 6.45) is 1.56. The Morgan fingerprint density at radius 1 is 1.22 bits per heavy atom. The molecule has 0 saturated heterocycles. The first-order chi connectivity index (χ1) is 11.1. The number of nitrogens with one attached hydrogen (secondary N) is 1. The average Bonchev–Trinajstić information content (AvgIpc) is 3.03. The molecule has 0 radical (unpaired) electrons. The van der Waals surface area contributed by atoms with Crippen LogP contribution in [0.5, 0.6) is 0 Å². The number of carbonyl (C=O) groups excluding carboxylic acids is 1. The molecule has 1 N–H and O–H groups in total. The molecule has 0 aliphatic rings. The van der Waals surface area contributed by atoms with Gasteiger partial charge in [-0.2, -0.15) is 0 Å². The molecule has 0 aliphatic heterocycles. The summed E-state index contributed by atoms with van der Waals surface area (Å²) in [7, 11) is 0. The molecule has 1 amide bonds. The van der Waals surface area contributed by atoms with Crippen LogP contribution in [0.2, 0.25) is 0 Å². The van der Waals surface area contributed by atoms with E-state index in [9.17, 15) is 9.18 Å². The first kappa shape index (κ1) is 14.9. The molecule has 0 unspecified atom stereocenters. The van der Waals surface area contributed by atoms with Crippen molar-refractivity contribution in [1.29, 1.82) is 0 Å². The first-order valence-electron chi connectivity index (χ1n) is 7.14. The highest BCUT2D eigenvalue weighted by Gasteiger charge is 2.11. The van der Waals surface area contributed by atoms with E-state index in [2.05, 4.69) is 15.6 Å². The first-order valence-corrected chi connectivity index (χ1v) is 7.14. The third kappa shape index (κ3) is 3.60. The Labute approximate surface area is 132 Å². The van der Waals surface area contributed by atoms with E-state index in [1.807, 2.05) is 31.2 Å². The van der Waals surface area contributed by atoms with Gasteiger partial charge in [0, 0.05) is 6.54 Å². The van der Waals surface area contributed by atoms with Gasteiger partial charge in [0.15, 0.2) is 5.69 Å². The van der Waals surface area contributed by atoms with Crippen molar-refractivity contribution in [2.24, 2.45) is 0 Å². The number of hydrogen-bond acceptors (Lipinski definition) is 3. The van der Waals surface area contributed by atoms with Gasteiger partial charge in [0.2, 0.25) is 0 Å². The van der Waals surface area contributed by atoms with Gasteiger partial charge in [0.1, 0.15) is 5.82 Å². The summed E-state index contributed by atoms with van der Waals surface area (Å²) >= 11 is 0. The number of rotatable bonds is 4. The topological polar surface area (TPSA) is 59.8 Å². The van der Waals surface area contributed by atoms with E-state index in [1.165, 1.54) is 16.8 Å². The summed E-state index contributed by atoms with van der Waals surface area (Å²) in [5, 5.41) is 10.5. The Morgan fingerprint density at radius 2 is 2.00 bits per heavy atom. The third-order valence-electron chi connectivity index (χ3n) is 3.37. The van der Waals surface area contributed by atoms with Crippen molar-refractivity contribution in [1.82, 2.24) is 20.3 Å². The Hall–Kier alpha value is -3.02. The number of nitrogens with zero attached hydrogens (tertiary/aromatic N) is 3. The molecule has 3 rings (SSSR count). The maximum Gasteiger partial charge on any atom is 0.273 e. The Balaban J connectivity index is 1.67. The lowest BCUT2D eigenvalue weighted by atomic mass is 10.2. The monoisotopic (exact) mass is 310 g/mol. The molecule has 5 nitrogen and oxygen atoms in total. The van der Waals surface area contributed by atoms with Crippen molar-refractivity contribution in [3.8, 4) is 5.69 Å². The van der Waals surface area contributed by atoms with Gasteiger partial charge < -0.3 is 5.32 Å². The highest BCUT2D eigenvalue weighted by molar-refractivity contribution is 5.91. The van der Waals surface area contributed by atoms with Crippen LogP contribution < -0.4 is 5.32 Å². The molecular formula is C17H15FN4O. The van der Waals surface area contributed by atoms with Crippen molar-refractivity contribution in [3.05, 3.63) is 77.4 Å². The molecule has 0 fully saturated rings. The maximum absolute atomic E-state index is 13.1. The molecule has 23 heavy (non-hydrogen) atoms. The summed E-state index contributed by atoms with van der Waals surface area (Å²) in [6, 6.07) is 13.8. The number of amides is 1. The van der Waals surface area contributed by atoms with Crippen molar-refractivity contribution < 1.29 is 9.18 Å². The quantitative estimate of drug-likeness (QED) is 0.806. The third-order valence-corrected chi connectivity index (χ3v) is 3.37. The SMILES string of the molecule is Cc1ccc(-n2cc(C(=O)NCc3cccc(F)c3)nn2)cc1. The molecule has 1 heterocycles. The minimum absolute atomic E-state index is 0.210. The van der Waals surface area contributed by atoms with Gasteiger partial charge in [0.05, 0.1) is 11.9 Å². The van der Waals surface area contributed by atoms with E-state index in [1.54, 1.807) is 18.3 Å². The molecule has 0 saturated carbocycles. The number of aryl methyl sites for hydroxylation is 1. The minimum Gasteiger partial charge on any atom is -0.347 e. The van der Waals surface area contributed by atoms with Crippen molar-refractivity contribution >= 4 is 5.91 Å². The number of hydrogen-bond donors (Lipinski definition) is 1. The molecule has 0 atom stereocenters. The fourth-order valence-electron chi connectivity index (χ4n) is 2.11. The van der Waals surface area contributed by atoms with E-state index < -0.39 is 0 Å². The molecule has 6 heteroatoms. The van der Waals surface area contributed by atoms with Crippen LogP contribution in [0.4, 0.5) is 4.39 Å². The zero-order valence-electron chi connectivity index (χ0n) is 12.5. The van der Waals surface area contributed by atoms with E-state index >= 15 is 0 Å². The smallest absolute Gasteiger partial charge is 0.273 e. The molecule has 116 valence electrons. The van der Waals surface area contributed by atoms with Gasteiger partial charge >= 0.3 is 0 Å². The number of benzene rings is 2. The van der Waals surface area contributed by atoms with Gasteiger partial charge in [-0.3, -0.25) is 4.79 Å². The summed E-state index contributed by atoms with van der Waals surface area (Å²) in [5.41, 5.74) is 2.86. The summed E-state index contributed by atoms with van der Waals surface area (Å²) in [4.78, 5) is 12.1. The van der Waals surface area contributed by atoms with Gasteiger partial charge in [-0.15, -0.1) is 5.10 Å². The molecule has 2 aromatic carbocycles.